The number of nitrogens with one attached hydrogen (secondary N) is 2. The van der Waals surface area contributed by atoms with Crippen molar-refractivity contribution in [2.45, 2.75) is 45.3 Å². The highest BCUT2D eigenvalue weighted by Gasteiger charge is 2.34. The van der Waals surface area contributed by atoms with E-state index in [0.29, 0.717) is 6.54 Å². The summed E-state index contributed by atoms with van der Waals surface area (Å²) in [6.07, 6.45) is -2.66. The highest BCUT2D eigenvalue weighted by molar-refractivity contribution is 6.31. The van der Waals surface area contributed by atoms with Gasteiger partial charge in [-0.25, -0.2) is 0 Å². The van der Waals surface area contributed by atoms with Crippen LogP contribution in [0.25, 0.3) is 0 Å². The van der Waals surface area contributed by atoms with Gasteiger partial charge in [0.1, 0.15) is 0 Å². The number of amides is 2. The van der Waals surface area contributed by atoms with E-state index >= 15 is 0 Å². The van der Waals surface area contributed by atoms with Gasteiger partial charge in [-0.05, 0) is 56.0 Å². The van der Waals surface area contributed by atoms with Gasteiger partial charge >= 0.3 is 6.18 Å². The Bertz CT molecular complexity index is 986. The molecule has 1 fully saturated rings. The molecule has 0 heterocycles. The van der Waals surface area contributed by atoms with E-state index in [-0.39, 0.29) is 30.6 Å². The van der Waals surface area contributed by atoms with Crippen LogP contribution >= 0.6 is 11.6 Å². The Morgan fingerprint density at radius 3 is 2.31 bits per heavy atom. The molecule has 1 aliphatic carbocycles. The lowest BCUT2D eigenvalue weighted by atomic mass is 10.1. The second kappa shape index (κ2) is 9.92. The molecule has 2 amide bonds. The molecule has 5 nitrogen and oxygen atoms in total. The molecule has 0 aromatic heterocycles. The van der Waals surface area contributed by atoms with Crippen molar-refractivity contribution in [3.05, 3.63) is 58.1 Å². The average Bonchev–Trinajstić information content (AvgIpc) is 3.54. The molecular formula is C23H25ClF3N3O2. The first-order chi connectivity index (χ1) is 15.0. The maximum absolute atomic E-state index is 13.0. The lowest BCUT2D eigenvalue weighted by molar-refractivity contribution is -0.137. The summed E-state index contributed by atoms with van der Waals surface area (Å²) in [4.78, 5) is 26.8. The molecule has 0 spiro atoms. The van der Waals surface area contributed by atoms with Crippen LogP contribution in [0.5, 0.6) is 0 Å². The van der Waals surface area contributed by atoms with Crippen LogP contribution < -0.4 is 10.6 Å². The van der Waals surface area contributed by atoms with Crippen LogP contribution in [0.3, 0.4) is 0 Å². The number of halogens is 4. The van der Waals surface area contributed by atoms with E-state index in [1.807, 2.05) is 36.9 Å². The molecule has 0 saturated heterocycles. The van der Waals surface area contributed by atoms with E-state index in [0.717, 1.165) is 41.8 Å². The van der Waals surface area contributed by atoms with Crippen molar-refractivity contribution < 1.29 is 22.8 Å². The molecule has 1 saturated carbocycles. The van der Waals surface area contributed by atoms with E-state index < -0.39 is 22.7 Å². The van der Waals surface area contributed by atoms with E-state index in [2.05, 4.69) is 10.6 Å². The standard InChI is InChI=1S/C23H25ClF3N3O2/c1-14-4-3-5-15(2)22(14)29-21(32)13-30(17-7-8-17)11-10-20(31)28-16-6-9-19(24)18(12-16)23(25,26)27/h3-6,9,12,17H,7-8,10-11,13H2,1-2H3,(H,28,31)(H,29,32). The fourth-order valence-electron chi connectivity index (χ4n) is 3.49. The summed E-state index contributed by atoms with van der Waals surface area (Å²) in [6.45, 7) is 4.32. The summed E-state index contributed by atoms with van der Waals surface area (Å²) in [6, 6.07) is 9.25. The number of anilines is 2. The van der Waals surface area contributed by atoms with Crippen molar-refractivity contribution in [3.8, 4) is 0 Å². The van der Waals surface area contributed by atoms with Gasteiger partial charge in [-0.15, -0.1) is 0 Å². The fraction of sp³-hybridized carbons (Fsp3) is 0.391. The van der Waals surface area contributed by atoms with Gasteiger partial charge in [0.2, 0.25) is 11.8 Å². The van der Waals surface area contributed by atoms with Crippen molar-refractivity contribution in [1.29, 1.82) is 0 Å². The van der Waals surface area contributed by atoms with Crippen LogP contribution in [0.15, 0.2) is 36.4 Å². The SMILES string of the molecule is Cc1cccc(C)c1NC(=O)CN(CCC(=O)Nc1ccc(Cl)c(C(F)(F)F)c1)C1CC1. The molecule has 0 radical (unpaired) electrons. The molecule has 2 aromatic rings. The van der Waals surface area contributed by atoms with Gasteiger partial charge in [0.25, 0.3) is 0 Å². The number of nitrogens with zero attached hydrogens (tertiary/aromatic N) is 1. The molecule has 0 aliphatic heterocycles. The van der Waals surface area contributed by atoms with E-state index in [9.17, 15) is 22.8 Å². The van der Waals surface area contributed by atoms with Gasteiger partial charge in [-0.2, -0.15) is 13.2 Å². The summed E-state index contributed by atoms with van der Waals surface area (Å²) >= 11 is 5.61. The Labute approximate surface area is 189 Å². The van der Waals surface area contributed by atoms with Crippen molar-refractivity contribution in [2.75, 3.05) is 23.7 Å². The fourth-order valence-corrected chi connectivity index (χ4v) is 3.72. The molecule has 172 valence electrons. The Kier molecular flexibility index (Phi) is 7.46. The number of benzene rings is 2. The molecule has 32 heavy (non-hydrogen) atoms. The van der Waals surface area contributed by atoms with Crippen LogP contribution in [0, 0.1) is 13.8 Å². The predicted molar refractivity (Wildman–Crippen MR) is 119 cm³/mol. The second-order valence-corrected chi connectivity index (χ2v) is 8.41. The third kappa shape index (κ3) is 6.46. The Morgan fingerprint density at radius 2 is 1.72 bits per heavy atom. The van der Waals surface area contributed by atoms with Gasteiger partial charge < -0.3 is 10.6 Å². The number of carbonyl (C=O) groups is 2. The van der Waals surface area contributed by atoms with Crippen LogP contribution in [-0.2, 0) is 15.8 Å². The summed E-state index contributed by atoms with van der Waals surface area (Å²) in [5, 5.41) is 5.00. The topological polar surface area (TPSA) is 61.4 Å². The molecule has 0 atom stereocenters. The third-order valence-corrected chi connectivity index (χ3v) is 5.67. The van der Waals surface area contributed by atoms with Crippen molar-refractivity contribution in [3.63, 3.8) is 0 Å². The number of aryl methyl sites for hydroxylation is 2. The summed E-state index contributed by atoms with van der Waals surface area (Å²) in [5.74, 6) is -0.594. The van der Waals surface area contributed by atoms with Crippen LogP contribution in [0.1, 0.15) is 36.0 Å². The molecule has 0 bridgehead atoms. The molecule has 2 aromatic carbocycles. The van der Waals surface area contributed by atoms with Crippen molar-refractivity contribution >= 4 is 34.8 Å². The largest absolute Gasteiger partial charge is 0.417 e. The molecule has 3 rings (SSSR count). The highest BCUT2D eigenvalue weighted by atomic mass is 35.5. The molecule has 0 unspecified atom stereocenters. The number of para-hydroxylation sites is 1. The van der Waals surface area contributed by atoms with Crippen LogP contribution in [-0.4, -0.2) is 35.8 Å². The number of rotatable bonds is 8. The number of hydrogen-bond acceptors (Lipinski definition) is 3. The third-order valence-electron chi connectivity index (χ3n) is 5.34. The number of hydrogen-bond donors (Lipinski definition) is 2. The van der Waals surface area contributed by atoms with Crippen LogP contribution in [0.4, 0.5) is 24.5 Å². The minimum absolute atomic E-state index is 0.0254. The lowest BCUT2D eigenvalue weighted by Gasteiger charge is -2.22. The van der Waals surface area contributed by atoms with Crippen molar-refractivity contribution in [1.82, 2.24) is 4.90 Å². The van der Waals surface area contributed by atoms with E-state index in [1.165, 1.54) is 6.07 Å². The van der Waals surface area contributed by atoms with Crippen LogP contribution in [0.2, 0.25) is 5.02 Å². The zero-order chi connectivity index (χ0) is 23.5. The zero-order valence-electron chi connectivity index (χ0n) is 17.9. The van der Waals surface area contributed by atoms with Gasteiger partial charge in [0, 0.05) is 30.4 Å². The van der Waals surface area contributed by atoms with Crippen molar-refractivity contribution in [2.24, 2.45) is 0 Å². The van der Waals surface area contributed by atoms with Gasteiger partial charge in [0.15, 0.2) is 0 Å². The first-order valence-corrected chi connectivity index (χ1v) is 10.7. The predicted octanol–water partition coefficient (Wildman–Crippen LogP) is 5.41. The first kappa shape index (κ1) is 24.1. The smallest absolute Gasteiger partial charge is 0.326 e. The normalized spacial score (nSPS) is 13.8. The van der Waals surface area contributed by atoms with Gasteiger partial charge in [-0.1, -0.05) is 29.8 Å². The summed E-state index contributed by atoms with van der Waals surface area (Å²) < 4.78 is 39.0. The molecular weight excluding hydrogens is 443 g/mol. The number of carbonyl (C=O) groups excluding carboxylic acids is 2. The maximum atomic E-state index is 13.0. The molecule has 9 heteroatoms. The maximum Gasteiger partial charge on any atom is 0.417 e. The molecule has 2 N–H and O–H groups in total. The Balaban J connectivity index is 1.56. The minimum Gasteiger partial charge on any atom is -0.326 e. The Hall–Kier alpha value is -2.58. The highest BCUT2D eigenvalue weighted by Crippen LogP contribution is 2.36. The lowest BCUT2D eigenvalue weighted by Crippen LogP contribution is -2.37. The first-order valence-electron chi connectivity index (χ1n) is 10.3. The monoisotopic (exact) mass is 467 g/mol. The minimum atomic E-state index is -4.61. The quantitative estimate of drug-likeness (QED) is 0.546. The molecule has 1 aliphatic rings. The van der Waals surface area contributed by atoms with Gasteiger partial charge in [-0.3, -0.25) is 14.5 Å². The summed E-state index contributed by atoms with van der Waals surface area (Å²) in [7, 11) is 0. The van der Waals surface area contributed by atoms with E-state index in [1.54, 1.807) is 0 Å². The average molecular weight is 468 g/mol. The summed E-state index contributed by atoms with van der Waals surface area (Å²) in [5.41, 5.74) is 1.75. The second-order valence-electron chi connectivity index (χ2n) is 8.01. The Morgan fingerprint density at radius 1 is 1.06 bits per heavy atom. The van der Waals surface area contributed by atoms with Gasteiger partial charge in [0.05, 0.1) is 17.1 Å². The number of alkyl halides is 3. The van der Waals surface area contributed by atoms with E-state index in [4.69, 9.17) is 11.6 Å². The zero-order valence-corrected chi connectivity index (χ0v) is 18.6.